The molecule has 2 fully saturated rings. The smallest absolute Gasteiger partial charge is 0.333 e. The zero-order valence-corrected chi connectivity index (χ0v) is 10.3. The highest BCUT2D eigenvalue weighted by molar-refractivity contribution is 5.81. The number of amides is 1. The molecule has 5 nitrogen and oxygen atoms in total. The average molecular weight is 271 g/mol. The van der Waals surface area contributed by atoms with Crippen molar-refractivity contribution in [2.75, 3.05) is 13.1 Å². The van der Waals surface area contributed by atoms with Gasteiger partial charge in [0.25, 0.3) is 0 Å². The molecule has 2 heterocycles. The summed E-state index contributed by atoms with van der Waals surface area (Å²) in [5, 5.41) is 3.63. The first-order valence-corrected chi connectivity index (χ1v) is 6.42. The lowest BCUT2D eigenvalue weighted by molar-refractivity contribution is -0.131. The molecule has 0 N–H and O–H groups in total. The molecule has 104 valence electrons. The summed E-state index contributed by atoms with van der Waals surface area (Å²) in [5.41, 5.74) is 0. The molecule has 1 amide bonds. The summed E-state index contributed by atoms with van der Waals surface area (Å²) in [6.07, 6.45) is 3.73. The van der Waals surface area contributed by atoms with E-state index in [2.05, 4.69) is 5.10 Å². The fourth-order valence-corrected chi connectivity index (χ4v) is 2.28. The highest BCUT2D eigenvalue weighted by atomic mass is 19.3. The first kappa shape index (κ1) is 12.4. The van der Waals surface area contributed by atoms with Crippen molar-refractivity contribution in [1.29, 1.82) is 0 Å². The highest BCUT2D eigenvalue weighted by Gasteiger charge is 2.37. The van der Waals surface area contributed by atoms with Crippen molar-refractivity contribution < 1.29 is 18.3 Å². The van der Waals surface area contributed by atoms with E-state index < -0.39 is 6.55 Å². The van der Waals surface area contributed by atoms with Gasteiger partial charge in [-0.3, -0.25) is 4.79 Å². The minimum Gasteiger partial charge on any atom is -0.471 e. The Labute approximate surface area is 109 Å². The van der Waals surface area contributed by atoms with Gasteiger partial charge in [-0.15, -0.1) is 5.10 Å². The zero-order valence-electron chi connectivity index (χ0n) is 10.3. The summed E-state index contributed by atoms with van der Waals surface area (Å²) in [5.74, 6) is 0.590. The molecule has 0 bridgehead atoms. The third-order valence-corrected chi connectivity index (χ3v) is 3.45. The Hall–Kier alpha value is -1.66. The van der Waals surface area contributed by atoms with Crippen molar-refractivity contribution in [3.8, 4) is 5.88 Å². The molecule has 7 heteroatoms. The van der Waals surface area contributed by atoms with Crippen LogP contribution < -0.4 is 4.74 Å². The van der Waals surface area contributed by atoms with Gasteiger partial charge in [-0.1, -0.05) is 0 Å². The van der Waals surface area contributed by atoms with Gasteiger partial charge in [-0.25, -0.2) is 4.68 Å². The van der Waals surface area contributed by atoms with E-state index >= 15 is 0 Å². The second-order valence-corrected chi connectivity index (χ2v) is 5.00. The first-order valence-electron chi connectivity index (χ1n) is 6.42. The van der Waals surface area contributed by atoms with Crippen LogP contribution in [0.5, 0.6) is 5.88 Å². The Morgan fingerprint density at radius 3 is 2.84 bits per heavy atom. The van der Waals surface area contributed by atoms with Crippen molar-refractivity contribution >= 4 is 5.91 Å². The summed E-state index contributed by atoms with van der Waals surface area (Å²) in [6, 6.07) is 1.41. The number of aromatic nitrogens is 2. The molecule has 0 aromatic carbocycles. The molecule has 0 spiro atoms. The van der Waals surface area contributed by atoms with Crippen LogP contribution in [0.15, 0.2) is 12.3 Å². The number of likely N-dealkylation sites (tertiary alicyclic amines) is 1. The van der Waals surface area contributed by atoms with Gasteiger partial charge in [0.05, 0.1) is 6.54 Å². The van der Waals surface area contributed by atoms with Crippen molar-refractivity contribution in [2.24, 2.45) is 5.92 Å². The second-order valence-electron chi connectivity index (χ2n) is 5.00. The number of hydrogen-bond acceptors (Lipinski definition) is 3. The number of nitrogens with zero attached hydrogens (tertiary/aromatic N) is 3. The molecule has 1 atom stereocenters. The molecule has 1 aromatic heterocycles. The molecule has 1 saturated carbocycles. The van der Waals surface area contributed by atoms with E-state index in [1.807, 2.05) is 0 Å². The highest BCUT2D eigenvalue weighted by Crippen LogP contribution is 2.32. The molecule has 1 saturated heterocycles. The van der Waals surface area contributed by atoms with E-state index in [1.54, 1.807) is 4.90 Å². The number of carbonyl (C=O) groups is 1. The average Bonchev–Trinajstić information content (AvgIpc) is 2.94. The lowest BCUT2D eigenvalue weighted by atomic mass is 10.3. The summed E-state index contributed by atoms with van der Waals surface area (Å²) in [4.78, 5) is 13.6. The standard InChI is InChI=1S/C12H15F2N3O2/c13-12(14)17-6-4-10(15-17)19-9-3-5-16(7-9)11(18)8-1-2-8/h4,6,8-9,12H,1-3,5,7H2. The summed E-state index contributed by atoms with van der Waals surface area (Å²) < 4.78 is 30.8. The Bertz CT molecular complexity index is 473. The number of rotatable bonds is 4. The SMILES string of the molecule is O=C(C1CC1)N1CCC(Oc2ccn(C(F)F)n2)C1. The molecule has 1 unspecified atom stereocenters. The number of halogens is 2. The maximum Gasteiger partial charge on any atom is 0.333 e. The normalized spacial score (nSPS) is 23.1. The van der Waals surface area contributed by atoms with E-state index in [0.717, 1.165) is 19.3 Å². The molecule has 19 heavy (non-hydrogen) atoms. The Morgan fingerprint density at radius 1 is 1.42 bits per heavy atom. The Balaban J connectivity index is 1.54. The number of hydrogen-bond donors (Lipinski definition) is 0. The Morgan fingerprint density at radius 2 is 2.21 bits per heavy atom. The maximum absolute atomic E-state index is 12.3. The van der Waals surface area contributed by atoms with Crippen molar-refractivity contribution in [3.05, 3.63) is 12.3 Å². The number of ether oxygens (including phenoxy) is 1. The van der Waals surface area contributed by atoms with Gasteiger partial charge < -0.3 is 9.64 Å². The molecule has 1 aliphatic carbocycles. The van der Waals surface area contributed by atoms with Gasteiger partial charge in [0, 0.05) is 31.1 Å². The van der Waals surface area contributed by atoms with E-state index in [4.69, 9.17) is 4.74 Å². The lowest BCUT2D eigenvalue weighted by Gasteiger charge is -2.16. The molecule has 1 aromatic rings. The minimum absolute atomic E-state index is 0.149. The first-order chi connectivity index (χ1) is 9.13. The zero-order chi connectivity index (χ0) is 13.4. The minimum atomic E-state index is -2.66. The van der Waals surface area contributed by atoms with Gasteiger partial charge in [0.2, 0.25) is 11.8 Å². The van der Waals surface area contributed by atoms with Crippen LogP contribution in [0.2, 0.25) is 0 Å². The largest absolute Gasteiger partial charge is 0.471 e. The van der Waals surface area contributed by atoms with E-state index in [0.29, 0.717) is 17.8 Å². The van der Waals surface area contributed by atoms with Crippen molar-refractivity contribution in [3.63, 3.8) is 0 Å². The predicted molar refractivity (Wildman–Crippen MR) is 61.8 cm³/mol. The van der Waals surface area contributed by atoms with Crippen LogP contribution in [0, 0.1) is 5.92 Å². The van der Waals surface area contributed by atoms with E-state index in [9.17, 15) is 13.6 Å². The van der Waals surface area contributed by atoms with Gasteiger partial charge in [-0.05, 0) is 12.8 Å². The summed E-state index contributed by atoms with van der Waals surface area (Å²) in [7, 11) is 0. The van der Waals surface area contributed by atoms with Gasteiger partial charge in [0.15, 0.2) is 0 Å². The van der Waals surface area contributed by atoms with Gasteiger partial charge >= 0.3 is 6.55 Å². The number of carbonyl (C=O) groups excluding carboxylic acids is 1. The molecule has 1 aliphatic heterocycles. The molecular formula is C12H15F2N3O2. The fraction of sp³-hybridized carbons (Fsp3) is 0.667. The van der Waals surface area contributed by atoms with Crippen molar-refractivity contribution in [2.45, 2.75) is 31.9 Å². The monoisotopic (exact) mass is 271 g/mol. The quantitative estimate of drug-likeness (QED) is 0.837. The van der Waals surface area contributed by atoms with Crippen LogP contribution in [0.4, 0.5) is 8.78 Å². The summed E-state index contributed by atoms with van der Waals surface area (Å²) >= 11 is 0. The number of alkyl halides is 2. The van der Waals surface area contributed by atoms with Crippen LogP contribution in [-0.4, -0.2) is 39.8 Å². The molecular weight excluding hydrogens is 256 g/mol. The topological polar surface area (TPSA) is 47.4 Å². The van der Waals surface area contributed by atoms with Gasteiger partial charge in [0.1, 0.15) is 6.10 Å². The van der Waals surface area contributed by atoms with Crippen molar-refractivity contribution in [1.82, 2.24) is 14.7 Å². The second kappa shape index (κ2) is 4.79. The van der Waals surface area contributed by atoms with E-state index in [1.165, 1.54) is 12.3 Å². The molecule has 2 aliphatic rings. The van der Waals surface area contributed by atoms with Crippen LogP contribution >= 0.6 is 0 Å². The lowest BCUT2D eigenvalue weighted by Crippen LogP contribution is -2.32. The fourth-order valence-electron chi connectivity index (χ4n) is 2.28. The predicted octanol–water partition coefficient (Wildman–Crippen LogP) is 1.67. The molecule has 3 rings (SSSR count). The van der Waals surface area contributed by atoms with Crippen LogP contribution in [-0.2, 0) is 4.79 Å². The third-order valence-electron chi connectivity index (χ3n) is 3.45. The summed E-state index contributed by atoms with van der Waals surface area (Å²) in [6.45, 7) is -1.46. The van der Waals surface area contributed by atoms with Crippen LogP contribution in [0.25, 0.3) is 0 Å². The van der Waals surface area contributed by atoms with Gasteiger partial charge in [-0.2, -0.15) is 8.78 Å². The Kier molecular flexibility index (Phi) is 3.12. The van der Waals surface area contributed by atoms with Crippen LogP contribution in [0.1, 0.15) is 25.8 Å². The maximum atomic E-state index is 12.3. The molecule has 0 radical (unpaired) electrons. The van der Waals surface area contributed by atoms with E-state index in [-0.39, 0.29) is 23.8 Å². The van der Waals surface area contributed by atoms with Crippen LogP contribution in [0.3, 0.4) is 0 Å². The third kappa shape index (κ3) is 2.69.